The van der Waals surface area contributed by atoms with Crippen LogP contribution in [0, 0.1) is 0 Å². The van der Waals surface area contributed by atoms with E-state index in [0.717, 1.165) is 35.0 Å². The van der Waals surface area contributed by atoms with Gasteiger partial charge in [0.05, 0.1) is 10.6 Å². The van der Waals surface area contributed by atoms with Crippen molar-refractivity contribution in [1.82, 2.24) is 4.98 Å². The van der Waals surface area contributed by atoms with Gasteiger partial charge in [-0.1, -0.05) is 39.0 Å². The first-order valence-corrected chi connectivity index (χ1v) is 8.02. The van der Waals surface area contributed by atoms with Gasteiger partial charge in [0.2, 0.25) is 0 Å². The van der Waals surface area contributed by atoms with Crippen LogP contribution in [0.25, 0.3) is 0 Å². The Morgan fingerprint density at radius 1 is 1.42 bits per heavy atom. The summed E-state index contributed by atoms with van der Waals surface area (Å²) in [6, 6.07) is 0.590. The van der Waals surface area contributed by atoms with E-state index in [2.05, 4.69) is 32.6 Å². The molecule has 1 aliphatic heterocycles. The zero-order valence-electron chi connectivity index (χ0n) is 12.4. The Morgan fingerprint density at radius 2 is 2.16 bits per heavy atom. The predicted octanol–water partition coefficient (Wildman–Crippen LogP) is 4.02. The maximum absolute atomic E-state index is 11.3. The number of anilines is 1. The highest BCUT2D eigenvalue weighted by Crippen LogP contribution is 2.35. The Morgan fingerprint density at radius 3 is 2.68 bits per heavy atom. The molecule has 1 aromatic heterocycles. The number of nitrogens with zero attached hydrogens (tertiary/aromatic N) is 2. The summed E-state index contributed by atoms with van der Waals surface area (Å²) in [5.41, 5.74) is 0.880. The fourth-order valence-corrected chi connectivity index (χ4v) is 3.92. The molecule has 1 saturated heterocycles. The van der Waals surface area contributed by atoms with Crippen LogP contribution in [0.4, 0.5) is 5.13 Å². The summed E-state index contributed by atoms with van der Waals surface area (Å²) in [6.45, 7) is 9.67. The molecule has 106 valence electrons. The predicted molar refractivity (Wildman–Crippen MR) is 81.5 cm³/mol. The van der Waals surface area contributed by atoms with Crippen molar-refractivity contribution in [1.29, 1.82) is 0 Å². The highest BCUT2D eigenvalue weighted by molar-refractivity contribution is 7.17. The first kappa shape index (κ1) is 14.5. The number of aldehydes is 1. The lowest BCUT2D eigenvalue weighted by molar-refractivity contribution is 0.112. The molecule has 0 saturated carbocycles. The second kappa shape index (κ2) is 5.61. The summed E-state index contributed by atoms with van der Waals surface area (Å²) in [6.07, 6.45) is 5.91. The quantitative estimate of drug-likeness (QED) is 0.784. The van der Waals surface area contributed by atoms with Crippen molar-refractivity contribution >= 4 is 22.8 Å². The molecule has 2 heterocycles. The van der Waals surface area contributed by atoms with E-state index in [9.17, 15) is 4.79 Å². The van der Waals surface area contributed by atoms with Crippen molar-refractivity contribution in [3.8, 4) is 0 Å². The first-order valence-electron chi connectivity index (χ1n) is 7.20. The van der Waals surface area contributed by atoms with Gasteiger partial charge in [0.1, 0.15) is 0 Å². The molecule has 4 heteroatoms. The molecular formula is C15H24N2OS. The number of thiazole rings is 1. The molecule has 1 aromatic rings. The van der Waals surface area contributed by atoms with Gasteiger partial charge in [0.15, 0.2) is 11.4 Å². The molecule has 3 nitrogen and oxygen atoms in total. The lowest BCUT2D eigenvalue weighted by Gasteiger charge is -2.35. The van der Waals surface area contributed by atoms with Crippen LogP contribution < -0.4 is 4.90 Å². The molecule has 1 unspecified atom stereocenters. The molecule has 1 atom stereocenters. The molecule has 1 fully saturated rings. The zero-order chi connectivity index (χ0) is 14.0. The van der Waals surface area contributed by atoms with Crippen molar-refractivity contribution < 1.29 is 4.79 Å². The van der Waals surface area contributed by atoms with Crippen molar-refractivity contribution in [2.75, 3.05) is 11.4 Å². The van der Waals surface area contributed by atoms with Gasteiger partial charge in [-0.3, -0.25) is 4.79 Å². The van der Waals surface area contributed by atoms with Crippen LogP contribution in [0.15, 0.2) is 0 Å². The van der Waals surface area contributed by atoms with E-state index in [0.29, 0.717) is 6.04 Å². The Bertz CT molecular complexity index is 447. The molecule has 2 rings (SSSR count). The van der Waals surface area contributed by atoms with Crippen LogP contribution in [-0.4, -0.2) is 23.9 Å². The fourth-order valence-electron chi connectivity index (χ4n) is 2.74. The number of aromatic nitrogens is 1. The molecule has 0 spiro atoms. The molecule has 0 aliphatic carbocycles. The van der Waals surface area contributed by atoms with Crippen molar-refractivity contribution in [3.05, 3.63) is 10.6 Å². The van der Waals surface area contributed by atoms with Gasteiger partial charge in [0, 0.05) is 18.0 Å². The standard InChI is InChI=1S/C15H24N2OS/c1-5-11-8-6-7-9-17(11)14-16-13(15(2,3)4)12(10-18)19-14/h10-11H,5-9H2,1-4H3. The molecule has 0 radical (unpaired) electrons. The molecule has 1 aliphatic rings. The smallest absolute Gasteiger partial charge is 0.186 e. The van der Waals surface area contributed by atoms with Crippen LogP contribution in [0.2, 0.25) is 0 Å². The van der Waals surface area contributed by atoms with E-state index in [1.54, 1.807) is 11.3 Å². The third-order valence-electron chi connectivity index (χ3n) is 3.80. The lowest BCUT2D eigenvalue weighted by Crippen LogP contribution is -2.39. The van der Waals surface area contributed by atoms with E-state index in [-0.39, 0.29) is 5.41 Å². The summed E-state index contributed by atoms with van der Waals surface area (Å²) < 4.78 is 0. The number of hydrogen-bond donors (Lipinski definition) is 0. The minimum atomic E-state index is -0.0670. The Kier molecular flexibility index (Phi) is 4.29. The number of piperidine rings is 1. The van der Waals surface area contributed by atoms with Gasteiger partial charge in [0.25, 0.3) is 0 Å². The van der Waals surface area contributed by atoms with Crippen molar-refractivity contribution in [2.24, 2.45) is 0 Å². The Labute approximate surface area is 120 Å². The third-order valence-corrected chi connectivity index (χ3v) is 4.82. The number of carbonyl (C=O) groups is 1. The third kappa shape index (κ3) is 2.99. The van der Waals surface area contributed by atoms with Gasteiger partial charge < -0.3 is 4.90 Å². The van der Waals surface area contributed by atoms with Gasteiger partial charge in [-0.05, 0) is 25.7 Å². The monoisotopic (exact) mass is 280 g/mol. The summed E-state index contributed by atoms with van der Waals surface area (Å²) >= 11 is 1.56. The summed E-state index contributed by atoms with van der Waals surface area (Å²) in [7, 11) is 0. The molecular weight excluding hydrogens is 256 g/mol. The highest BCUT2D eigenvalue weighted by Gasteiger charge is 2.28. The van der Waals surface area contributed by atoms with Crippen molar-refractivity contribution in [2.45, 2.75) is 64.8 Å². The molecule has 0 aromatic carbocycles. The van der Waals surface area contributed by atoms with E-state index in [1.165, 1.54) is 19.3 Å². The normalized spacial score (nSPS) is 20.6. The Balaban J connectivity index is 2.34. The van der Waals surface area contributed by atoms with E-state index < -0.39 is 0 Å². The van der Waals surface area contributed by atoms with Gasteiger partial charge in [-0.15, -0.1) is 0 Å². The van der Waals surface area contributed by atoms with Crippen LogP contribution >= 0.6 is 11.3 Å². The van der Waals surface area contributed by atoms with Gasteiger partial charge in [-0.25, -0.2) is 4.98 Å². The number of carbonyl (C=O) groups excluding carboxylic acids is 1. The average molecular weight is 280 g/mol. The van der Waals surface area contributed by atoms with Gasteiger partial charge in [-0.2, -0.15) is 0 Å². The van der Waals surface area contributed by atoms with Crippen molar-refractivity contribution in [3.63, 3.8) is 0 Å². The molecule has 0 amide bonds. The minimum Gasteiger partial charge on any atom is -0.345 e. The fraction of sp³-hybridized carbons (Fsp3) is 0.733. The highest BCUT2D eigenvalue weighted by atomic mass is 32.1. The SMILES string of the molecule is CCC1CCCCN1c1nc(C(C)(C)C)c(C=O)s1. The number of hydrogen-bond acceptors (Lipinski definition) is 4. The van der Waals surface area contributed by atoms with E-state index >= 15 is 0 Å². The summed E-state index contributed by atoms with van der Waals surface area (Å²) in [5.74, 6) is 0. The number of rotatable bonds is 3. The maximum atomic E-state index is 11.3. The lowest BCUT2D eigenvalue weighted by atomic mass is 9.91. The Hall–Kier alpha value is -0.900. The van der Waals surface area contributed by atoms with E-state index in [4.69, 9.17) is 4.98 Å². The second-order valence-electron chi connectivity index (χ2n) is 6.33. The largest absolute Gasteiger partial charge is 0.345 e. The maximum Gasteiger partial charge on any atom is 0.186 e. The van der Waals surface area contributed by atoms with Crippen LogP contribution in [0.5, 0.6) is 0 Å². The second-order valence-corrected chi connectivity index (χ2v) is 7.34. The minimum absolute atomic E-state index is 0.0670. The molecule has 0 bridgehead atoms. The average Bonchev–Trinajstić information content (AvgIpc) is 2.82. The topological polar surface area (TPSA) is 33.2 Å². The summed E-state index contributed by atoms with van der Waals surface area (Å²) in [5, 5.41) is 1.04. The van der Waals surface area contributed by atoms with Gasteiger partial charge >= 0.3 is 0 Å². The van der Waals surface area contributed by atoms with E-state index in [1.807, 2.05) is 0 Å². The molecule has 19 heavy (non-hydrogen) atoms. The van der Waals surface area contributed by atoms with Crippen LogP contribution in [0.3, 0.4) is 0 Å². The summed E-state index contributed by atoms with van der Waals surface area (Å²) in [4.78, 5) is 19.3. The van der Waals surface area contributed by atoms with Crippen LogP contribution in [-0.2, 0) is 5.41 Å². The molecule has 0 N–H and O–H groups in total. The van der Waals surface area contributed by atoms with Crippen LogP contribution in [0.1, 0.15) is 68.7 Å². The first-order chi connectivity index (χ1) is 8.97. The zero-order valence-corrected chi connectivity index (χ0v) is 13.2.